The first kappa shape index (κ1) is 11.5. The molecule has 0 fully saturated rings. The maximum atomic E-state index is 11.6. The first-order valence-electron chi connectivity index (χ1n) is 4.58. The molecule has 0 saturated carbocycles. The summed E-state index contributed by atoms with van der Waals surface area (Å²) in [4.78, 5) is 22.4. The van der Waals surface area contributed by atoms with Crippen molar-refractivity contribution < 1.29 is 19.1 Å². The molecule has 2 aromatic rings. The van der Waals surface area contributed by atoms with Gasteiger partial charge in [-0.2, -0.15) is 0 Å². The molecular formula is C11H7ClO5. The van der Waals surface area contributed by atoms with Gasteiger partial charge < -0.3 is 14.3 Å². The molecule has 1 aromatic carbocycles. The molecule has 1 aromatic heterocycles. The topological polar surface area (TPSA) is 76.7 Å². The summed E-state index contributed by atoms with van der Waals surface area (Å²) in [6.45, 7) is 0. The summed E-state index contributed by atoms with van der Waals surface area (Å²) >= 11 is 5.94. The van der Waals surface area contributed by atoms with Crippen molar-refractivity contribution in [2.75, 3.05) is 7.11 Å². The van der Waals surface area contributed by atoms with Crippen molar-refractivity contribution in [3.05, 3.63) is 39.2 Å². The molecule has 0 unspecified atom stereocenters. The van der Waals surface area contributed by atoms with Gasteiger partial charge in [-0.3, -0.25) is 4.79 Å². The van der Waals surface area contributed by atoms with Crippen molar-refractivity contribution in [3.63, 3.8) is 0 Å². The molecule has 1 heterocycles. The molecule has 0 aliphatic rings. The molecule has 5 nitrogen and oxygen atoms in total. The Morgan fingerprint density at radius 3 is 2.76 bits per heavy atom. The zero-order chi connectivity index (χ0) is 12.6. The van der Waals surface area contributed by atoms with E-state index in [4.69, 9.17) is 25.9 Å². The average Bonchev–Trinajstić information content (AvgIpc) is 2.30. The summed E-state index contributed by atoms with van der Waals surface area (Å²) in [6, 6.07) is 3.90. The Hall–Kier alpha value is -2.01. The first-order chi connectivity index (χ1) is 8.04. The van der Waals surface area contributed by atoms with Gasteiger partial charge in [0.25, 0.3) is 0 Å². The van der Waals surface area contributed by atoms with E-state index >= 15 is 0 Å². The minimum Gasteiger partial charge on any atom is -0.495 e. The van der Waals surface area contributed by atoms with Gasteiger partial charge >= 0.3 is 5.97 Å². The largest absolute Gasteiger partial charge is 0.495 e. The molecule has 0 saturated heterocycles. The van der Waals surface area contributed by atoms with E-state index in [1.807, 2.05) is 0 Å². The van der Waals surface area contributed by atoms with Crippen LogP contribution in [0.25, 0.3) is 11.0 Å². The predicted molar refractivity (Wildman–Crippen MR) is 61.0 cm³/mol. The number of carboxylic acids is 1. The number of carboxylic acid groups (broad SMARTS) is 1. The zero-order valence-electron chi connectivity index (χ0n) is 8.69. The van der Waals surface area contributed by atoms with Crippen LogP contribution in [0.3, 0.4) is 0 Å². The number of benzene rings is 1. The third kappa shape index (κ3) is 1.85. The lowest BCUT2D eigenvalue weighted by molar-refractivity contribution is 0.0663. The molecule has 17 heavy (non-hydrogen) atoms. The summed E-state index contributed by atoms with van der Waals surface area (Å²) < 4.78 is 10.0. The van der Waals surface area contributed by atoms with Gasteiger partial charge in [0.15, 0.2) is 11.0 Å². The van der Waals surface area contributed by atoms with Crippen molar-refractivity contribution in [1.82, 2.24) is 0 Å². The molecule has 0 radical (unpaired) electrons. The number of aromatic carboxylic acids is 1. The highest BCUT2D eigenvalue weighted by Crippen LogP contribution is 2.31. The van der Waals surface area contributed by atoms with Crippen LogP contribution in [0.2, 0.25) is 5.02 Å². The summed E-state index contributed by atoms with van der Waals surface area (Å²) in [7, 11) is 1.41. The van der Waals surface area contributed by atoms with Gasteiger partial charge in [0.1, 0.15) is 10.8 Å². The number of methoxy groups -OCH3 is 1. The Balaban J connectivity index is 2.89. The second-order valence-corrected chi connectivity index (χ2v) is 3.62. The van der Waals surface area contributed by atoms with Crippen molar-refractivity contribution >= 4 is 28.5 Å². The van der Waals surface area contributed by atoms with E-state index in [9.17, 15) is 9.59 Å². The quantitative estimate of drug-likeness (QED) is 0.889. The molecule has 6 heteroatoms. The van der Waals surface area contributed by atoms with Crippen LogP contribution in [0.4, 0.5) is 0 Å². The summed E-state index contributed by atoms with van der Waals surface area (Å²) in [6.07, 6.45) is 0. The number of hydrogen-bond donors (Lipinski definition) is 1. The minimum absolute atomic E-state index is 0.0101. The average molecular weight is 255 g/mol. The van der Waals surface area contributed by atoms with Crippen LogP contribution < -0.4 is 10.2 Å². The summed E-state index contributed by atoms with van der Waals surface area (Å²) in [5.74, 6) is -1.48. The van der Waals surface area contributed by atoms with Gasteiger partial charge in [-0.15, -0.1) is 0 Å². The van der Waals surface area contributed by atoms with Gasteiger partial charge in [-0.1, -0.05) is 11.6 Å². The Bertz CT molecular complexity index is 659. The van der Waals surface area contributed by atoms with Crippen molar-refractivity contribution in [3.8, 4) is 5.75 Å². The Kier molecular flexibility index (Phi) is 2.77. The van der Waals surface area contributed by atoms with Crippen molar-refractivity contribution in [2.45, 2.75) is 0 Å². The van der Waals surface area contributed by atoms with E-state index in [1.165, 1.54) is 19.2 Å². The monoisotopic (exact) mass is 254 g/mol. The smallest absolute Gasteiger partial charge is 0.371 e. The van der Waals surface area contributed by atoms with E-state index in [-0.39, 0.29) is 16.0 Å². The Labute approximate surface area is 100 Å². The molecule has 0 amide bonds. The third-order valence-electron chi connectivity index (χ3n) is 2.23. The molecule has 0 spiro atoms. The maximum Gasteiger partial charge on any atom is 0.371 e. The van der Waals surface area contributed by atoms with Crippen LogP contribution in [-0.4, -0.2) is 18.2 Å². The van der Waals surface area contributed by atoms with Crippen LogP contribution >= 0.6 is 11.6 Å². The second-order valence-electron chi connectivity index (χ2n) is 3.24. The number of carbonyl (C=O) groups is 1. The highest BCUT2D eigenvalue weighted by Gasteiger charge is 2.15. The summed E-state index contributed by atoms with van der Waals surface area (Å²) in [5.41, 5.74) is -0.455. The fourth-order valence-electron chi connectivity index (χ4n) is 1.43. The van der Waals surface area contributed by atoms with Gasteiger partial charge in [-0.25, -0.2) is 4.79 Å². The molecule has 1 N–H and O–H groups in total. The summed E-state index contributed by atoms with van der Waals surface area (Å²) in [5, 5.41) is 9.06. The van der Waals surface area contributed by atoms with Gasteiger partial charge in [0.05, 0.1) is 12.5 Å². The number of hydrogen-bond acceptors (Lipinski definition) is 4. The SMILES string of the molecule is COc1ccc2c(=O)cc(C(=O)O)oc2c1Cl. The van der Waals surface area contributed by atoms with E-state index in [1.54, 1.807) is 0 Å². The van der Waals surface area contributed by atoms with Gasteiger partial charge in [0.2, 0.25) is 5.76 Å². The van der Waals surface area contributed by atoms with E-state index in [0.717, 1.165) is 6.07 Å². The number of fused-ring (bicyclic) bond motifs is 1. The Morgan fingerprint density at radius 2 is 2.18 bits per heavy atom. The van der Waals surface area contributed by atoms with Crippen LogP contribution in [0.5, 0.6) is 5.75 Å². The van der Waals surface area contributed by atoms with Crippen molar-refractivity contribution in [1.29, 1.82) is 0 Å². The lowest BCUT2D eigenvalue weighted by Gasteiger charge is -2.05. The van der Waals surface area contributed by atoms with Gasteiger partial charge in [0, 0.05) is 6.07 Å². The van der Waals surface area contributed by atoms with E-state index < -0.39 is 17.2 Å². The maximum absolute atomic E-state index is 11.6. The highest BCUT2D eigenvalue weighted by molar-refractivity contribution is 6.36. The second kappa shape index (κ2) is 4.10. The number of rotatable bonds is 2. The fourth-order valence-corrected chi connectivity index (χ4v) is 1.71. The molecule has 0 atom stereocenters. The standard InChI is InChI=1S/C11H7ClO5/c1-16-7-3-2-5-6(13)4-8(11(14)15)17-10(5)9(7)12/h2-4H,1H3,(H,14,15). The molecule has 2 rings (SSSR count). The van der Waals surface area contributed by atoms with Crippen LogP contribution in [0.1, 0.15) is 10.6 Å². The normalized spacial score (nSPS) is 10.5. The lowest BCUT2D eigenvalue weighted by Crippen LogP contribution is -2.06. The van der Waals surface area contributed by atoms with Crippen LogP contribution in [0, 0.1) is 0 Å². The molecule has 0 aliphatic carbocycles. The predicted octanol–water partition coefficient (Wildman–Crippen LogP) is 2.15. The highest BCUT2D eigenvalue weighted by atomic mass is 35.5. The minimum atomic E-state index is -1.33. The van der Waals surface area contributed by atoms with Crippen molar-refractivity contribution in [2.24, 2.45) is 0 Å². The molecule has 88 valence electrons. The van der Waals surface area contributed by atoms with Crippen LogP contribution in [-0.2, 0) is 0 Å². The van der Waals surface area contributed by atoms with Crippen LogP contribution in [0.15, 0.2) is 27.4 Å². The van der Waals surface area contributed by atoms with Gasteiger partial charge in [-0.05, 0) is 12.1 Å². The Morgan fingerprint density at radius 1 is 1.47 bits per heavy atom. The number of halogens is 1. The zero-order valence-corrected chi connectivity index (χ0v) is 9.45. The first-order valence-corrected chi connectivity index (χ1v) is 4.96. The molecule has 0 bridgehead atoms. The molecule has 0 aliphatic heterocycles. The fraction of sp³-hybridized carbons (Fsp3) is 0.0909. The molecular weight excluding hydrogens is 248 g/mol. The number of ether oxygens (including phenoxy) is 1. The van der Waals surface area contributed by atoms with E-state index in [0.29, 0.717) is 5.75 Å². The van der Waals surface area contributed by atoms with E-state index in [2.05, 4.69) is 0 Å². The third-order valence-corrected chi connectivity index (χ3v) is 2.59. The lowest BCUT2D eigenvalue weighted by atomic mass is 10.2.